The number of aryl methyl sites for hydroxylation is 1. The predicted octanol–water partition coefficient (Wildman–Crippen LogP) is 3.09. The lowest BCUT2D eigenvalue weighted by Gasteiger charge is -2.09. The number of hydrogen-bond acceptors (Lipinski definition) is 3. The Labute approximate surface area is 117 Å². The zero-order valence-corrected chi connectivity index (χ0v) is 12.2. The van der Waals surface area contributed by atoms with Crippen molar-refractivity contribution in [2.24, 2.45) is 0 Å². The summed E-state index contributed by atoms with van der Waals surface area (Å²) in [5.41, 5.74) is 1.79. The van der Waals surface area contributed by atoms with E-state index in [1.54, 1.807) is 6.20 Å². The van der Waals surface area contributed by atoms with Crippen LogP contribution in [0.25, 0.3) is 11.2 Å². The van der Waals surface area contributed by atoms with E-state index < -0.39 is 0 Å². The number of unbranched alkanes of at least 4 members (excludes halogenated alkanes) is 1. The van der Waals surface area contributed by atoms with Gasteiger partial charge in [0.15, 0.2) is 10.4 Å². The van der Waals surface area contributed by atoms with Gasteiger partial charge in [0.05, 0.1) is 10.5 Å². The summed E-state index contributed by atoms with van der Waals surface area (Å²) in [4.78, 5) is 9.66. The fourth-order valence-corrected chi connectivity index (χ4v) is 2.37. The minimum atomic E-state index is 0.624. The molecule has 0 unspecified atom stereocenters. The van der Waals surface area contributed by atoms with Gasteiger partial charge in [0.1, 0.15) is 0 Å². The number of hydrogen-bond donors (Lipinski definition) is 1. The Morgan fingerprint density at radius 2 is 2.22 bits per heavy atom. The van der Waals surface area contributed by atoms with Gasteiger partial charge in [0.2, 0.25) is 0 Å². The van der Waals surface area contributed by atoms with Crippen molar-refractivity contribution >= 4 is 35.0 Å². The first kappa shape index (κ1) is 13.5. The van der Waals surface area contributed by atoms with E-state index in [4.69, 9.17) is 23.8 Å². The van der Waals surface area contributed by atoms with Crippen molar-refractivity contribution in [2.75, 3.05) is 20.6 Å². The van der Waals surface area contributed by atoms with Crippen LogP contribution in [0.5, 0.6) is 0 Å². The fourth-order valence-electron chi connectivity index (χ4n) is 1.92. The Kier molecular flexibility index (Phi) is 4.37. The molecule has 98 valence electrons. The number of halogens is 1. The SMILES string of the molecule is CN(C)CCCCn1c(=S)[nH]c2cc(Cl)cnc21. The number of nitrogens with one attached hydrogen (secondary N) is 1. The molecule has 0 aliphatic carbocycles. The summed E-state index contributed by atoms with van der Waals surface area (Å²) in [6.07, 6.45) is 3.89. The molecule has 2 heterocycles. The summed E-state index contributed by atoms with van der Waals surface area (Å²) in [5.74, 6) is 0. The lowest BCUT2D eigenvalue weighted by Crippen LogP contribution is -2.13. The highest BCUT2D eigenvalue weighted by atomic mass is 35.5. The predicted molar refractivity (Wildman–Crippen MR) is 77.7 cm³/mol. The number of pyridine rings is 1. The maximum atomic E-state index is 5.91. The Morgan fingerprint density at radius 3 is 2.94 bits per heavy atom. The van der Waals surface area contributed by atoms with Gasteiger partial charge in [-0.1, -0.05) is 11.6 Å². The normalized spacial score (nSPS) is 11.6. The molecule has 0 atom stereocenters. The third kappa shape index (κ3) is 3.10. The van der Waals surface area contributed by atoms with Gasteiger partial charge >= 0.3 is 0 Å². The zero-order chi connectivity index (χ0) is 13.1. The molecule has 0 aromatic carbocycles. The molecule has 18 heavy (non-hydrogen) atoms. The van der Waals surface area contributed by atoms with Gasteiger partial charge in [0.25, 0.3) is 0 Å². The topological polar surface area (TPSA) is 36.9 Å². The third-order valence-electron chi connectivity index (χ3n) is 2.81. The quantitative estimate of drug-likeness (QED) is 0.677. The Hall–Kier alpha value is -0.910. The van der Waals surface area contributed by atoms with E-state index >= 15 is 0 Å². The zero-order valence-electron chi connectivity index (χ0n) is 10.6. The van der Waals surface area contributed by atoms with Gasteiger partial charge in [-0.15, -0.1) is 0 Å². The van der Waals surface area contributed by atoms with E-state index in [9.17, 15) is 0 Å². The molecular formula is C12H17ClN4S. The van der Waals surface area contributed by atoms with E-state index in [1.165, 1.54) is 0 Å². The molecule has 4 nitrogen and oxygen atoms in total. The van der Waals surface area contributed by atoms with Crippen molar-refractivity contribution in [3.8, 4) is 0 Å². The van der Waals surface area contributed by atoms with E-state index in [1.807, 2.05) is 10.6 Å². The minimum Gasteiger partial charge on any atom is -0.329 e. The second-order valence-electron chi connectivity index (χ2n) is 4.62. The monoisotopic (exact) mass is 284 g/mol. The maximum absolute atomic E-state index is 5.91. The van der Waals surface area contributed by atoms with Crippen molar-refractivity contribution in [1.29, 1.82) is 0 Å². The summed E-state index contributed by atoms with van der Waals surface area (Å²) < 4.78 is 2.75. The molecule has 2 aromatic rings. The van der Waals surface area contributed by atoms with Crippen molar-refractivity contribution in [3.63, 3.8) is 0 Å². The van der Waals surface area contributed by atoms with Gasteiger partial charge in [-0.05, 0) is 51.8 Å². The molecule has 2 rings (SSSR count). The third-order valence-corrected chi connectivity index (χ3v) is 3.34. The highest BCUT2D eigenvalue weighted by molar-refractivity contribution is 7.71. The van der Waals surface area contributed by atoms with Crippen LogP contribution in [-0.2, 0) is 6.54 Å². The van der Waals surface area contributed by atoms with E-state index in [0.717, 1.165) is 37.1 Å². The lowest BCUT2D eigenvalue weighted by molar-refractivity contribution is 0.388. The smallest absolute Gasteiger partial charge is 0.179 e. The fraction of sp³-hybridized carbons (Fsp3) is 0.500. The lowest BCUT2D eigenvalue weighted by atomic mass is 10.3. The highest BCUT2D eigenvalue weighted by Gasteiger charge is 2.06. The Bertz CT molecular complexity index is 587. The molecule has 1 N–H and O–H groups in total. The van der Waals surface area contributed by atoms with Gasteiger partial charge in [-0.3, -0.25) is 0 Å². The molecule has 0 saturated carbocycles. The van der Waals surface area contributed by atoms with Crippen LogP contribution in [0.4, 0.5) is 0 Å². The molecule has 0 aliphatic rings. The van der Waals surface area contributed by atoms with Crippen LogP contribution < -0.4 is 0 Å². The van der Waals surface area contributed by atoms with Gasteiger partial charge < -0.3 is 14.5 Å². The number of aromatic amines is 1. The summed E-state index contributed by atoms with van der Waals surface area (Å²) in [6, 6.07) is 1.86. The van der Waals surface area contributed by atoms with Crippen LogP contribution in [0.2, 0.25) is 5.02 Å². The highest BCUT2D eigenvalue weighted by Crippen LogP contribution is 2.16. The first-order valence-electron chi connectivity index (χ1n) is 5.97. The standard InChI is InChI=1S/C12H17ClN4S/c1-16(2)5-3-4-6-17-11-10(15-12(17)18)7-9(13)8-14-11/h7-8H,3-6H2,1-2H3,(H,15,18). The molecule has 6 heteroatoms. The summed E-state index contributed by atoms with van der Waals surface area (Å²) >= 11 is 11.2. The molecule has 0 spiro atoms. The molecule has 0 amide bonds. The van der Waals surface area contributed by atoms with E-state index in [-0.39, 0.29) is 0 Å². The number of rotatable bonds is 5. The summed E-state index contributed by atoms with van der Waals surface area (Å²) in [5, 5.41) is 0.624. The van der Waals surface area contributed by atoms with Crippen molar-refractivity contribution in [2.45, 2.75) is 19.4 Å². The number of aromatic nitrogens is 3. The van der Waals surface area contributed by atoms with Crippen molar-refractivity contribution in [1.82, 2.24) is 19.4 Å². The maximum Gasteiger partial charge on any atom is 0.179 e. The number of imidazole rings is 1. The van der Waals surface area contributed by atoms with Crippen LogP contribution in [0.3, 0.4) is 0 Å². The molecule has 0 bridgehead atoms. The first-order valence-corrected chi connectivity index (χ1v) is 6.75. The number of nitrogens with zero attached hydrogens (tertiary/aromatic N) is 3. The van der Waals surface area contributed by atoms with Gasteiger partial charge in [0, 0.05) is 12.7 Å². The van der Waals surface area contributed by atoms with Crippen LogP contribution in [0.15, 0.2) is 12.3 Å². The molecule has 0 saturated heterocycles. The molecule has 0 radical (unpaired) electrons. The van der Waals surface area contributed by atoms with E-state index in [2.05, 4.69) is 29.0 Å². The van der Waals surface area contributed by atoms with Gasteiger partial charge in [-0.2, -0.15) is 0 Å². The van der Waals surface area contributed by atoms with Crippen molar-refractivity contribution < 1.29 is 0 Å². The molecule has 0 aliphatic heterocycles. The largest absolute Gasteiger partial charge is 0.329 e. The number of fused-ring (bicyclic) bond motifs is 1. The van der Waals surface area contributed by atoms with Crippen LogP contribution in [0.1, 0.15) is 12.8 Å². The second kappa shape index (κ2) is 5.82. The Balaban J connectivity index is 2.13. The second-order valence-corrected chi connectivity index (χ2v) is 5.44. The summed E-state index contributed by atoms with van der Waals surface area (Å²) in [7, 11) is 4.17. The average Bonchev–Trinajstić information content (AvgIpc) is 2.59. The van der Waals surface area contributed by atoms with Gasteiger partial charge in [-0.25, -0.2) is 4.98 Å². The van der Waals surface area contributed by atoms with Crippen LogP contribution >= 0.6 is 23.8 Å². The minimum absolute atomic E-state index is 0.624. The van der Waals surface area contributed by atoms with Crippen LogP contribution in [0, 0.1) is 4.77 Å². The first-order chi connectivity index (χ1) is 8.58. The summed E-state index contributed by atoms with van der Waals surface area (Å²) in [6.45, 7) is 1.98. The van der Waals surface area contributed by atoms with Crippen LogP contribution in [-0.4, -0.2) is 40.1 Å². The molecule has 0 fully saturated rings. The molecule has 2 aromatic heterocycles. The Morgan fingerprint density at radius 1 is 1.44 bits per heavy atom. The average molecular weight is 285 g/mol. The number of H-pyrrole nitrogens is 1. The van der Waals surface area contributed by atoms with E-state index in [0.29, 0.717) is 9.79 Å². The molecular weight excluding hydrogens is 268 g/mol. The van der Waals surface area contributed by atoms with Crippen molar-refractivity contribution in [3.05, 3.63) is 22.1 Å².